The van der Waals surface area contributed by atoms with Crippen LogP contribution in [0.2, 0.25) is 0 Å². The summed E-state index contributed by atoms with van der Waals surface area (Å²) in [7, 11) is 1.58. The largest absolute Gasteiger partial charge is 0.494 e. The van der Waals surface area contributed by atoms with Crippen LogP contribution in [0.3, 0.4) is 0 Å². The van der Waals surface area contributed by atoms with E-state index in [0.717, 1.165) is 37.6 Å². The first kappa shape index (κ1) is 33.1. The fourth-order valence-electron chi connectivity index (χ4n) is 8.15. The van der Waals surface area contributed by atoms with E-state index in [9.17, 15) is 9.59 Å². The Kier molecular flexibility index (Phi) is 7.94. The van der Waals surface area contributed by atoms with Gasteiger partial charge in [0.05, 0.1) is 36.6 Å². The Hall–Kier alpha value is -4.10. The van der Waals surface area contributed by atoms with Gasteiger partial charge in [0, 0.05) is 48.6 Å². The molecule has 1 saturated heterocycles. The number of nitrogens with two attached hydrogens (primary N) is 1. The lowest BCUT2D eigenvalue weighted by atomic mass is 9.94. The van der Waals surface area contributed by atoms with Gasteiger partial charge in [0.25, 0.3) is 17.7 Å². The molecule has 4 aromatic rings. The molecule has 4 atom stereocenters. The highest BCUT2D eigenvalue weighted by Crippen LogP contribution is 2.46. The minimum atomic E-state index is -3.11. The lowest BCUT2D eigenvalue weighted by Gasteiger charge is -2.37. The van der Waals surface area contributed by atoms with Crippen LogP contribution in [0.5, 0.6) is 5.75 Å². The third-order valence-electron chi connectivity index (χ3n) is 11.2. The second-order valence-corrected chi connectivity index (χ2v) is 15.2. The minimum absolute atomic E-state index is 0.0187. The normalized spacial score (nSPS) is 26.7. The average molecular weight is 690 g/mol. The Labute approximate surface area is 289 Å². The molecule has 3 fully saturated rings. The molecule has 0 radical (unpaired) electrons. The summed E-state index contributed by atoms with van der Waals surface area (Å²) in [6.45, 7) is 5.02. The molecule has 8 rings (SSSR count). The predicted molar refractivity (Wildman–Crippen MR) is 184 cm³/mol. The molecule has 2 aliphatic carbocycles. The molecular formula is C37H45F2N7O4. The Balaban J connectivity index is 1.27. The lowest BCUT2D eigenvalue weighted by Crippen LogP contribution is -2.51. The minimum Gasteiger partial charge on any atom is -0.494 e. The SMILES string of the molecule is COc1cc(C(=O)N2C[C@H](N)[C@@H]3CC[C@H]2C3)cc2nc(-c3cc4ccc5nc4n3CC(F)(F)CCCOC(C)(C)C(=O)N[C@@H]5C)n(C3CC3)c12. The number of fused-ring (bicyclic) bond motifs is 4. The number of pyridine rings is 1. The van der Waals surface area contributed by atoms with Crippen molar-refractivity contribution in [3.63, 3.8) is 0 Å². The predicted octanol–water partition coefficient (Wildman–Crippen LogP) is 5.75. The third kappa shape index (κ3) is 5.71. The zero-order valence-electron chi connectivity index (χ0n) is 29.0. The number of likely N-dealkylation sites (tertiary alicyclic amines) is 1. The van der Waals surface area contributed by atoms with Crippen LogP contribution in [0.1, 0.15) is 93.9 Å². The fourth-order valence-corrected chi connectivity index (χ4v) is 8.15. The van der Waals surface area contributed by atoms with Crippen LogP contribution in [-0.2, 0) is 16.1 Å². The Morgan fingerprint density at radius 1 is 1.10 bits per heavy atom. The van der Waals surface area contributed by atoms with Gasteiger partial charge < -0.3 is 34.6 Å². The van der Waals surface area contributed by atoms with Gasteiger partial charge >= 0.3 is 0 Å². The van der Waals surface area contributed by atoms with Crippen molar-refractivity contribution in [2.45, 2.75) is 108 Å². The van der Waals surface area contributed by atoms with Crippen molar-refractivity contribution in [1.82, 2.24) is 29.3 Å². The number of ether oxygens (including phenoxy) is 2. The molecule has 3 aromatic heterocycles. The quantitative estimate of drug-likeness (QED) is 0.279. The molecule has 1 aromatic carbocycles. The summed E-state index contributed by atoms with van der Waals surface area (Å²) in [6, 6.07) is 8.84. The summed E-state index contributed by atoms with van der Waals surface area (Å²) in [5, 5.41) is 3.66. The van der Waals surface area contributed by atoms with Crippen molar-refractivity contribution in [1.29, 1.82) is 0 Å². The molecule has 5 heterocycles. The van der Waals surface area contributed by atoms with Gasteiger partial charge in [-0.2, -0.15) is 0 Å². The Morgan fingerprint density at radius 2 is 1.88 bits per heavy atom. The third-order valence-corrected chi connectivity index (χ3v) is 11.2. The number of hydrogen-bond donors (Lipinski definition) is 2. The average Bonchev–Trinajstić information content (AvgIpc) is 3.56. The maximum absolute atomic E-state index is 15.9. The number of methoxy groups -OCH3 is 1. The molecule has 4 bridgehead atoms. The highest BCUT2D eigenvalue weighted by molar-refractivity contribution is 6.00. The molecule has 2 saturated carbocycles. The van der Waals surface area contributed by atoms with E-state index in [1.54, 1.807) is 37.7 Å². The number of rotatable bonds is 4. The number of hydrogen-bond acceptors (Lipinski definition) is 7. The Bertz CT molecular complexity index is 2000. The van der Waals surface area contributed by atoms with E-state index in [0.29, 0.717) is 57.5 Å². The number of carbonyl (C=O) groups excluding carboxylic acids is 2. The number of aromatic nitrogens is 4. The number of alkyl halides is 2. The van der Waals surface area contributed by atoms with Crippen LogP contribution in [-0.4, -0.2) is 79.7 Å². The van der Waals surface area contributed by atoms with Gasteiger partial charge in [-0.3, -0.25) is 9.59 Å². The summed E-state index contributed by atoms with van der Waals surface area (Å²) in [4.78, 5) is 39.0. The number of benzene rings is 1. The standard InChI is InChI=1S/C37H45F2N7O4/c1-20-27-11-7-22-16-29(45(32(22)42-27)19-37(38,39)12-5-13-50-36(2,3)35(48)41-20)33-43-28-15-23(17-30(49-4)31(28)46(33)24-9-10-24)34(47)44-18-26(40)21-6-8-25(44)14-21/h7,11,15-17,20-21,24-26H,5-6,8-10,12-14,18-19,40H2,1-4H3,(H,41,48)/t20-,21-,25+,26+/m1/s1. The van der Waals surface area contributed by atoms with E-state index in [-0.39, 0.29) is 43.0 Å². The van der Waals surface area contributed by atoms with E-state index < -0.39 is 30.5 Å². The molecule has 11 nitrogen and oxygen atoms in total. The summed E-state index contributed by atoms with van der Waals surface area (Å²) < 4.78 is 47.2. The van der Waals surface area contributed by atoms with Crippen molar-refractivity contribution >= 4 is 33.9 Å². The van der Waals surface area contributed by atoms with Crippen LogP contribution < -0.4 is 15.8 Å². The molecular weight excluding hydrogens is 644 g/mol. The second-order valence-electron chi connectivity index (χ2n) is 15.2. The van der Waals surface area contributed by atoms with Crippen LogP contribution in [0.4, 0.5) is 8.78 Å². The van der Waals surface area contributed by atoms with Crippen molar-refractivity contribution in [3.05, 3.63) is 41.6 Å². The van der Waals surface area contributed by atoms with Gasteiger partial charge in [0.2, 0.25) is 0 Å². The summed E-state index contributed by atoms with van der Waals surface area (Å²) in [5.41, 5.74) is 8.47. The molecule has 13 heteroatoms. The Morgan fingerprint density at radius 3 is 2.64 bits per heavy atom. The molecule has 2 aliphatic heterocycles. The number of nitrogens with one attached hydrogen (secondary N) is 1. The zero-order chi connectivity index (χ0) is 35.1. The first-order chi connectivity index (χ1) is 23.8. The number of amides is 2. The van der Waals surface area contributed by atoms with Crippen molar-refractivity contribution in [2.75, 3.05) is 20.3 Å². The number of nitrogens with zero attached hydrogens (tertiary/aromatic N) is 5. The highest BCUT2D eigenvalue weighted by Gasteiger charge is 2.42. The van der Waals surface area contributed by atoms with Crippen molar-refractivity contribution < 1.29 is 27.8 Å². The maximum Gasteiger partial charge on any atom is 0.265 e. The van der Waals surface area contributed by atoms with Crippen LogP contribution in [0, 0.1) is 5.92 Å². The van der Waals surface area contributed by atoms with E-state index in [4.69, 9.17) is 25.2 Å². The van der Waals surface area contributed by atoms with Gasteiger partial charge in [-0.05, 0) is 95.5 Å². The molecule has 50 heavy (non-hydrogen) atoms. The molecule has 4 aliphatic rings. The topological polar surface area (TPSA) is 130 Å². The van der Waals surface area contributed by atoms with Crippen LogP contribution in [0.25, 0.3) is 33.6 Å². The summed E-state index contributed by atoms with van der Waals surface area (Å²) in [6.07, 6.45) is 4.37. The van der Waals surface area contributed by atoms with Crippen molar-refractivity contribution in [3.8, 4) is 17.3 Å². The van der Waals surface area contributed by atoms with Gasteiger partial charge in [-0.1, -0.05) is 0 Å². The molecule has 3 N–H and O–H groups in total. The van der Waals surface area contributed by atoms with Crippen LogP contribution in [0.15, 0.2) is 30.3 Å². The molecule has 266 valence electrons. The number of piperidine rings is 1. The zero-order valence-corrected chi connectivity index (χ0v) is 29.0. The van der Waals surface area contributed by atoms with E-state index in [1.165, 1.54) is 0 Å². The number of imidazole rings is 1. The van der Waals surface area contributed by atoms with Crippen molar-refractivity contribution in [2.24, 2.45) is 11.7 Å². The van der Waals surface area contributed by atoms with E-state index >= 15 is 8.78 Å². The monoisotopic (exact) mass is 689 g/mol. The first-order valence-corrected chi connectivity index (χ1v) is 17.8. The molecule has 0 spiro atoms. The van der Waals surface area contributed by atoms with Gasteiger partial charge in [0.1, 0.15) is 22.5 Å². The smallest absolute Gasteiger partial charge is 0.265 e. The van der Waals surface area contributed by atoms with Gasteiger partial charge in [0.15, 0.2) is 5.82 Å². The van der Waals surface area contributed by atoms with Gasteiger partial charge in [-0.15, -0.1) is 0 Å². The number of carbonyl (C=O) groups is 2. The first-order valence-electron chi connectivity index (χ1n) is 17.8. The summed E-state index contributed by atoms with van der Waals surface area (Å²) >= 11 is 0. The molecule has 0 unspecified atom stereocenters. The lowest BCUT2D eigenvalue weighted by molar-refractivity contribution is -0.144. The molecule has 2 amide bonds. The maximum atomic E-state index is 15.9. The van der Waals surface area contributed by atoms with Gasteiger partial charge in [-0.25, -0.2) is 18.7 Å². The summed E-state index contributed by atoms with van der Waals surface area (Å²) in [5.74, 6) is -2.05. The fraction of sp³-hybridized carbons (Fsp3) is 0.568. The number of halogens is 2. The highest BCUT2D eigenvalue weighted by atomic mass is 19.3. The van der Waals surface area contributed by atoms with E-state index in [2.05, 4.69) is 9.88 Å². The van der Waals surface area contributed by atoms with E-state index in [1.807, 2.05) is 30.0 Å². The van der Waals surface area contributed by atoms with Crippen LogP contribution >= 0.6 is 0 Å². The second kappa shape index (κ2) is 12.0.